The number of benzene rings is 1. The van der Waals surface area contributed by atoms with Gasteiger partial charge in [-0.3, -0.25) is 4.79 Å². The summed E-state index contributed by atoms with van der Waals surface area (Å²) in [6.07, 6.45) is 8.32. The van der Waals surface area contributed by atoms with Crippen LogP contribution in [0.5, 0.6) is 0 Å². The molecule has 1 N–H and O–H groups in total. The molecule has 1 heterocycles. The highest BCUT2D eigenvalue weighted by molar-refractivity contribution is 7.91. The van der Waals surface area contributed by atoms with E-state index in [2.05, 4.69) is 9.97 Å². The van der Waals surface area contributed by atoms with E-state index in [9.17, 15) is 13.2 Å². The number of nitrogens with zero attached hydrogens (tertiary/aromatic N) is 1. The number of aromatic nitrogens is 2. The molecule has 0 amide bonds. The van der Waals surface area contributed by atoms with Crippen LogP contribution in [0.1, 0.15) is 50.5 Å². The van der Waals surface area contributed by atoms with Crippen LogP contribution in [-0.2, 0) is 19.4 Å². The molecule has 0 radical (unpaired) electrons. The van der Waals surface area contributed by atoms with Gasteiger partial charge in [0.1, 0.15) is 0 Å². The lowest BCUT2D eigenvalue weighted by Crippen LogP contribution is -2.19. The minimum absolute atomic E-state index is 0.0850. The summed E-state index contributed by atoms with van der Waals surface area (Å²) < 4.78 is 30.3. The van der Waals surface area contributed by atoms with Crippen LogP contribution in [-0.4, -0.2) is 31.0 Å². The molecule has 1 atom stereocenters. The van der Waals surface area contributed by atoms with Crippen LogP contribution >= 0.6 is 0 Å². The third kappa shape index (κ3) is 3.98. The first-order chi connectivity index (χ1) is 12.5. The molecule has 1 unspecified atom stereocenters. The van der Waals surface area contributed by atoms with Gasteiger partial charge in [-0.25, -0.2) is 13.4 Å². The highest BCUT2D eigenvalue weighted by Gasteiger charge is 2.28. The number of hydrogen-bond donors (Lipinski definition) is 1. The van der Waals surface area contributed by atoms with Gasteiger partial charge < -0.3 is 9.72 Å². The molecule has 0 bridgehead atoms. The van der Waals surface area contributed by atoms with Crippen molar-refractivity contribution in [3.8, 4) is 0 Å². The summed E-state index contributed by atoms with van der Waals surface area (Å²) in [6.45, 7) is 2.13. The second-order valence-electron chi connectivity index (χ2n) is 6.66. The third-order valence-electron chi connectivity index (χ3n) is 4.94. The predicted octanol–water partition coefficient (Wildman–Crippen LogP) is 3.47. The first-order valence-corrected chi connectivity index (χ1v) is 10.5. The summed E-state index contributed by atoms with van der Waals surface area (Å²) in [7, 11) is -3.67. The molecule has 1 aromatic heterocycles. The number of carbonyl (C=O) groups is 1. The second-order valence-corrected chi connectivity index (χ2v) is 8.52. The Morgan fingerprint density at radius 3 is 2.54 bits per heavy atom. The number of rotatable bonds is 7. The maximum absolute atomic E-state index is 12.5. The van der Waals surface area contributed by atoms with Gasteiger partial charge in [0.2, 0.25) is 15.0 Å². The molecule has 26 heavy (non-hydrogen) atoms. The van der Waals surface area contributed by atoms with Crippen molar-refractivity contribution in [2.75, 3.05) is 6.61 Å². The summed E-state index contributed by atoms with van der Waals surface area (Å²) in [5.41, 5.74) is 0.800. The quantitative estimate of drug-likeness (QED) is 0.748. The SMILES string of the molecule is CCOC(=O)C(CC1CCCC1)c1ccc(S(=O)(=O)c2ncc[nH]2)cc1. The van der Waals surface area contributed by atoms with Crippen molar-refractivity contribution in [2.45, 2.75) is 55.0 Å². The molecule has 1 aliphatic carbocycles. The molecule has 7 heteroatoms. The average molecular weight is 376 g/mol. The van der Waals surface area contributed by atoms with Crippen LogP contribution in [0.2, 0.25) is 0 Å². The minimum atomic E-state index is -3.67. The summed E-state index contributed by atoms with van der Waals surface area (Å²) in [6, 6.07) is 6.50. The molecule has 140 valence electrons. The van der Waals surface area contributed by atoms with E-state index < -0.39 is 9.84 Å². The number of esters is 1. The monoisotopic (exact) mass is 376 g/mol. The molecule has 1 fully saturated rings. The van der Waals surface area contributed by atoms with E-state index in [-0.39, 0.29) is 21.9 Å². The van der Waals surface area contributed by atoms with Gasteiger partial charge in [-0.15, -0.1) is 0 Å². The fraction of sp³-hybridized carbons (Fsp3) is 0.474. The van der Waals surface area contributed by atoms with Crippen LogP contribution in [0.3, 0.4) is 0 Å². The largest absolute Gasteiger partial charge is 0.466 e. The van der Waals surface area contributed by atoms with E-state index in [1.165, 1.54) is 37.4 Å². The highest BCUT2D eigenvalue weighted by atomic mass is 32.2. The van der Waals surface area contributed by atoms with Crippen molar-refractivity contribution in [3.63, 3.8) is 0 Å². The van der Waals surface area contributed by atoms with E-state index >= 15 is 0 Å². The van der Waals surface area contributed by atoms with E-state index in [0.717, 1.165) is 24.8 Å². The van der Waals surface area contributed by atoms with Gasteiger partial charge in [-0.2, -0.15) is 0 Å². The van der Waals surface area contributed by atoms with E-state index in [1.807, 2.05) is 0 Å². The van der Waals surface area contributed by atoms with Gasteiger partial charge in [0.15, 0.2) is 0 Å². The maximum atomic E-state index is 12.5. The van der Waals surface area contributed by atoms with Crippen LogP contribution in [0.15, 0.2) is 46.7 Å². The Kier molecular flexibility index (Phi) is 5.76. The number of H-pyrrole nitrogens is 1. The summed E-state index contributed by atoms with van der Waals surface area (Å²) in [5.74, 6) is -0.0598. The molecule has 1 aliphatic rings. The van der Waals surface area contributed by atoms with Crippen LogP contribution in [0.4, 0.5) is 0 Å². The predicted molar refractivity (Wildman–Crippen MR) is 96.4 cm³/mol. The van der Waals surface area contributed by atoms with Gasteiger partial charge in [0, 0.05) is 12.4 Å². The molecule has 0 aliphatic heterocycles. The number of hydrogen-bond acceptors (Lipinski definition) is 5. The fourth-order valence-electron chi connectivity index (χ4n) is 3.58. The van der Waals surface area contributed by atoms with Crippen molar-refractivity contribution >= 4 is 15.8 Å². The Bertz CT molecular complexity index is 823. The number of carbonyl (C=O) groups excluding carboxylic acids is 1. The fourth-order valence-corrected chi connectivity index (χ4v) is 4.72. The van der Waals surface area contributed by atoms with Gasteiger partial charge in [-0.1, -0.05) is 37.8 Å². The van der Waals surface area contributed by atoms with E-state index in [4.69, 9.17) is 4.74 Å². The van der Waals surface area contributed by atoms with Crippen LogP contribution < -0.4 is 0 Å². The Labute approximate surface area is 153 Å². The first kappa shape index (κ1) is 18.6. The van der Waals surface area contributed by atoms with Crippen molar-refractivity contribution in [3.05, 3.63) is 42.2 Å². The second kappa shape index (κ2) is 8.03. The topological polar surface area (TPSA) is 89.1 Å². The molecule has 0 saturated heterocycles. The first-order valence-electron chi connectivity index (χ1n) is 9.03. The molecular weight excluding hydrogens is 352 g/mol. The number of ether oxygens (including phenoxy) is 1. The Morgan fingerprint density at radius 2 is 1.96 bits per heavy atom. The molecule has 0 spiro atoms. The zero-order valence-corrected chi connectivity index (χ0v) is 15.7. The van der Waals surface area contributed by atoms with Crippen molar-refractivity contribution < 1.29 is 17.9 Å². The Balaban J connectivity index is 1.84. The van der Waals surface area contributed by atoms with E-state index in [1.54, 1.807) is 19.1 Å². The van der Waals surface area contributed by atoms with Crippen molar-refractivity contribution in [2.24, 2.45) is 5.92 Å². The molecule has 1 saturated carbocycles. The van der Waals surface area contributed by atoms with Gasteiger partial charge in [0.25, 0.3) is 0 Å². The number of imidazole rings is 1. The third-order valence-corrected chi connectivity index (χ3v) is 6.56. The number of nitrogens with one attached hydrogen (secondary N) is 1. The molecular formula is C19H24N2O4S. The summed E-state index contributed by atoms with van der Waals surface area (Å²) in [5, 5.41) is -0.0850. The normalized spacial score (nSPS) is 16.5. The summed E-state index contributed by atoms with van der Waals surface area (Å²) in [4.78, 5) is 19.0. The smallest absolute Gasteiger partial charge is 0.313 e. The zero-order valence-electron chi connectivity index (χ0n) is 14.8. The highest BCUT2D eigenvalue weighted by Crippen LogP contribution is 2.35. The van der Waals surface area contributed by atoms with Crippen molar-refractivity contribution in [1.29, 1.82) is 0 Å². The molecule has 2 aromatic rings. The van der Waals surface area contributed by atoms with Crippen LogP contribution in [0.25, 0.3) is 0 Å². The average Bonchev–Trinajstić information content (AvgIpc) is 3.34. The van der Waals surface area contributed by atoms with Gasteiger partial charge >= 0.3 is 5.97 Å². The molecule has 1 aromatic carbocycles. The van der Waals surface area contributed by atoms with Gasteiger partial charge in [0.05, 0.1) is 17.4 Å². The van der Waals surface area contributed by atoms with Gasteiger partial charge in [-0.05, 0) is 37.0 Å². The standard InChI is InChI=1S/C19H24N2O4S/c1-2-25-18(22)17(13-14-5-3-4-6-14)15-7-9-16(10-8-15)26(23,24)19-20-11-12-21-19/h7-12,14,17H,2-6,13H2,1H3,(H,20,21). The van der Waals surface area contributed by atoms with E-state index in [0.29, 0.717) is 12.5 Å². The Morgan fingerprint density at radius 1 is 1.27 bits per heavy atom. The van der Waals surface area contributed by atoms with Crippen molar-refractivity contribution in [1.82, 2.24) is 9.97 Å². The summed E-state index contributed by atoms with van der Waals surface area (Å²) >= 11 is 0. The lowest BCUT2D eigenvalue weighted by Gasteiger charge is -2.19. The number of aromatic amines is 1. The number of sulfone groups is 1. The molecule has 6 nitrogen and oxygen atoms in total. The lowest BCUT2D eigenvalue weighted by atomic mass is 9.88. The lowest BCUT2D eigenvalue weighted by molar-refractivity contribution is -0.145. The minimum Gasteiger partial charge on any atom is -0.466 e. The molecule has 3 rings (SSSR count). The Hall–Kier alpha value is -2.15. The van der Waals surface area contributed by atoms with Crippen LogP contribution in [0, 0.1) is 5.92 Å². The maximum Gasteiger partial charge on any atom is 0.313 e. The zero-order chi connectivity index (χ0) is 18.6.